The minimum absolute atomic E-state index is 0.619. The Labute approximate surface area is 143 Å². The first kappa shape index (κ1) is 18.1. The second-order valence-corrected chi connectivity index (χ2v) is 5.37. The molecular weight excluding hydrogens is 306 g/mol. The number of benzene rings is 2. The fraction of sp³-hybridized carbons (Fsp3) is 0.368. The van der Waals surface area contributed by atoms with Gasteiger partial charge in [-0.15, -0.1) is 0 Å². The summed E-state index contributed by atoms with van der Waals surface area (Å²) in [5.41, 5.74) is 3.33. The Hall–Kier alpha value is -2.24. The zero-order valence-corrected chi connectivity index (χ0v) is 14.7. The molecule has 0 unspecified atom stereocenters. The smallest absolute Gasteiger partial charge is 0.130 e. The second kappa shape index (κ2) is 9.15. The molecule has 0 bridgehead atoms. The van der Waals surface area contributed by atoms with E-state index in [0.29, 0.717) is 18.9 Å². The SMILES string of the molecule is COCc1cccc(CNCc2c(OC)cc(OC)cc2OC)c1. The molecule has 5 heteroatoms. The molecule has 0 fully saturated rings. The Morgan fingerprint density at radius 2 is 1.46 bits per heavy atom. The zero-order valence-electron chi connectivity index (χ0n) is 14.7. The van der Waals surface area contributed by atoms with Crippen LogP contribution in [0.3, 0.4) is 0 Å². The molecule has 0 amide bonds. The van der Waals surface area contributed by atoms with Crippen molar-refractivity contribution in [1.82, 2.24) is 5.32 Å². The lowest BCUT2D eigenvalue weighted by Crippen LogP contribution is -2.14. The minimum Gasteiger partial charge on any atom is -0.496 e. The lowest BCUT2D eigenvalue weighted by atomic mass is 10.1. The summed E-state index contributed by atoms with van der Waals surface area (Å²) < 4.78 is 21.4. The van der Waals surface area contributed by atoms with E-state index in [1.54, 1.807) is 28.4 Å². The average molecular weight is 331 g/mol. The largest absolute Gasteiger partial charge is 0.496 e. The predicted octanol–water partition coefficient (Wildman–Crippen LogP) is 3.15. The van der Waals surface area contributed by atoms with Crippen LogP contribution < -0.4 is 19.5 Å². The van der Waals surface area contributed by atoms with Crippen LogP contribution in [-0.4, -0.2) is 28.4 Å². The van der Waals surface area contributed by atoms with Gasteiger partial charge in [0.1, 0.15) is 17.2 Å². The van der Waals surface area contributed by atoms with E-state index < -0.39 is 0 Å². The van der Waals surface area contributed by atoms with Crippen molar-refractivity contribution in [3.8, 4) is 17.2 Å². The number of nitrogens with one attached hydrogen (secondary N) is 1. The first-order valence-electron chi connectivity index (χ1n) is 7.78. The summed E-state index contributed by atoms with van der Waals surface area (Å²) in [5, 5.41) is 3.43. The molecule has 0 heterocycles. The van der Waals surface area contributed by atoms with Crippen molar-refractivity contribution < 1.29 is 18.9 Å². The van der Waals surface area contributed by atoms with E-state index in [9.17, 15) is 0 Å². The third-order valence-corrected chi connectivity index (χ3v) is 3.75. The fourth-order valence-electron chi connectivity index (χ4n) is 2.58. The molecule has 0 aliphatic rings. The molecular formula is C19H25NO4. The van der Waals surface area contributed by atoms with Crippen molar-refractivity contribution >= 4 is 0 Å². The van der Waals surface area contributed by atoms with Gasteiger partial charge in [-0.3, -0.25) is 0 Å². The highest BCUT2D eigenvalue weighted by atomic mass is 16.5. The van der Waals surface area contributed by atoms with Crippen LogP contribution in [0.2, 0.25) is 0 Å². The molecule has 0 aliphatic heterocycles. The first-order chi connectivity index (χ1) is 11.7. The van der Waals surface area contributed by atoms with Crippen molar-refractivity contribution in [2.45, 2.75) is 19.7 Å². The molecule has 0 spiro atoms. The molecule has 2 rings (SSSR count). The van der Waals surface area contributed by atoms with Crippen LogP contribution in [0.15, 0.2) is 36.4 Å². The fourth-order valence-corrected chi connectivity index (χ4v) is 2.58. The summed E-state index contributed by atoms with van der Waals surface area (Å²) in [5.74, 6) is 2.19. The van der Waals surface area contributed by atoms with E-state index in [-0.39, 0.29) is 0 Å². The molecule has 0 aliphatic carbocycles. The predicted molar refractivity (Wildman–Crippen MR) is 93.8 cm³/mol. The normalized spacial score (nSPS) is 10.5. The van der Waals surface area contributed by atoms with Gasteiger partial charge < -0.3 is 24.3 Å². The third-order valence-electron chi connectivity index (χ3n) is 3.75. The van der Waals surface area contributed by atoms with Crippen LogP contribution in [0.5, 0.6) is 17.2 Å². The molecule has 0 atom stereocenters. The van der Waals surface area contributed by atoms with Crippen molar-refractivity contribution in [3.63, 3.8) is 0 Å². The van der Waals surface area contributed by atoms with Crippen LogP contribution in [-0.2, 0) is 24.4 Å². The molecule has 0 saturated heterocycles. The van der Waals surface area contributed by atoms with E-state index in [1.165, 1.54) is 5.56 Å². The molecule has 1 N–H and O–H groups in total. The number of methoxy groups -OCH3 is 4. The van der Waals surface area contributed by atoms with Gasteiger partial charge in [0.2, 0.25) is 0 Å². The summed E-state index contributed by atoms with van der Waals surface area (Å²) >= 11 is 0. The van der Waals surface area contributed by atoms with E-state index >= 15 is 0 Å². The second-order valence-electron chi connectivity index (χ2n) is 5.37. The van der Waals surface area contributed by atoms with Gasteiger partial charge in [-0.2, -0.15) is 0 Å². The Morgan fingerprint density at radius 3 is 2.04 bits per heavy atom. The average Bonchev–Trinajstić information content (AvgIpc) is 2.62. The standard InChI is InChI=1S/C19H25NO4/c1-21-13-15-7-5-6-14(8-15)11-20-12-17-18(23-3)9-16(22-2)10-19(17)24-4/h5-10,20H,11-13H2,1-4H3. The summed E-state index contributed by atoms with van der Waals surface area (Å²) in [6.07, 6.45) is 0. The maximum absolute atomic E-state index is 5.47. The van der Waals surface area contributed by atoms with Gasteiger partial charge in [0.15, 0.2) is 0 Å². The lowest BCUT2D eigenvalue weighted by Gasteiger charge is -2.15. The van der Waals surface area contributed by atoms with Crippen LogP contribution in [0.1, 0.15) is 16.7 Å². The van der Waals surface area contributed by atoms with E-state index in [4.69, 9.17) is 18.9 Å². The van der Waals surface area contributed by atoms with Gasteiger partial charge in [0, 0.05) is 32.3 Å². The topological polar surface area (TPSA) is 49.0 Å². The molecule has 0 aromatic heterocycles. The molecule has 2 aromatic carbocycles. The van der Waals surface area contributed by atoms with Gasteiger partial charge in [-0.05, 0) is 11.1 Å². The van der Waals surface area contributed by atoms with Crippen molar-refractivity contribution in [3.05, 3.63) is 53.1 Å². The quantitative estimate of drug-likeness (QED) is 0.765. The van der Waals surface area contributed by atoms with E-state index in [1.807, 2.05) is 18.2 Å². The summed E-state index contributed by atoms with van der Waals surface area (Å²) in [7, 11) is 6.62. The van der Waals surface area contributed by atoms with Crippen LogP contribution in [0, 0.1) is 0 Å². The lowest BCUT2D eigenvalue weighted by molar-refractivity contribution is 0.185. The number of hydrogen-bond acceptors (Lipinski definition) is 5. The summed E-state index contributed by atoms with van der Waals surface area (Å²) in [6, 6.07) is 12.0. The number of hydrogen-bond donors (Lipinski definition) is 1. The molecule has 5 nitrogen and oxygen atoms in total. The van der Waals surface area contributed by atoms with Crippen molar-refractivity contribution in [1.29, 1.82) is 0 Å². The number of ether oxygens (including phenoxy) is 4. The van der Waals surface area contributed by atoms with E-state index in [0.717, 1.165) is 29.2 Å². The Morgan fingerprint density at radius 1 is 0.792 bits per heavy atom. The maximum atomic E-state index is 5.47. The molecule has 0 saturated carbocycles. The van der Waals surface area contributed by atoms with Crippen molar-refractivity contribution in [2.75, 3.05) is 28.4 Å². The van der Waals surface area contributed by atoms with Gasteiger partial charge in [0.05, 0.1) is 33.5 Å². The Kier molecular flexibility index (Phi) is 6.90. The van der Waals surface area contributed by atoms with Gasteiger partial charge >= 0.3 is 0 Å². The summed E-state index contributed by atoms with van der Waals surface area (Å²) in [4.78, 5) is 0. The number of rotatable bonds is 9. The third kappa shape index (κ3) is 4.63. The summed E-state index contributed by atoms with van der Waals surface area (Å²) in [6.45, 7) is 1.99. The molecule has 130 valence electrons. The Bertz CT molecular complexity index is 633. The van der Waals surface area contributed by atoms with Crippen LogP contribution in [0.25, 0.3) is 0 Å². The van der Waals surface area contributed by atoms with Crippen LogP contribution >= 0.6 is 0 Å². The molecule has 0 radical (unpaired) electrons. The maximum Gasteiger partial charge on any atom is 0.130 e. The van der Waals surface area contributed by atoms with Gasteiger partial charge in [-0.25, -0.2) is 0 Å². The molecule has 2 aromatic rings. The van der Waals surface area contributed by atoms with Crippen LogP contribution in [0.4, 0.5) is 0 Å². The highest BCUT2D eigenvalue weighted by Crippen LogP contribution is 2.33. The van der Waals surface area contributed by atoms with Crippen molar-refractivity contribution in [2.24, 2.45) is 0 Å². The Balaban J connectivity index is 2.07. The van der Waals surface area contributed by atoms with Gasteiger partial charge in [-0.1, -0.05) is 24.3 Å². The minimum atomic E-state index is 0.619. The molecule has 24 heavy (non-hydrogen) atoms. The van der Waals surface area contributed by atoms with E-state index in [2.05, 4.69) is 23.5 Å². The van der Waals surface area contributed by atoms with Gasteiger partial charge in [0.25, 0.3) is 0 Å². The highest BCUT2D eigenvalue weighted by molar-refractivity contribution is 5.50. The highest BCUT2D eigenvalue weighted by Gasteiger charge is 2.12. The monoisotopic (exact) mass is 331 g/mol. The first-order valence-corrected chi connectivity index (χ1v) is 7.78. The zero-order chi connectivity index (χ0) is 17.4.